The van der Waals surface area contributed by atoms with Crippen LogP contribution in [0, 0.1) is 55.3 Å². The molecule has 1 saturated heterocycles. The zero-order chi connectivity index (χ0) is 16.8. The van der Waals surface area contributed by atoms with Gasteiger partial charge < -0.3 is 16.6 Å². The van der Waals surface area contributed by atoms with E-state index in [1.807, 2.05) is 25.7 Å². The van der Waals surface area contributed by atoms with Crippen molar-refractivity contribution in [2.24, 2.45) is 17.3 Å². The first-order valence-electron chi connectivity index (χ1n) is 8.46. The molecule has 22 heavy (non-hydrogen) atoms. The van der Waals surface area contributed by atoms with Gasteiger partial charge >= 0.3 is 0 Å². The number of hydrogen-bond donors (Lipinski definition) is 0. The van der Waals surface area contributed by atoms with Crippen LogP contribution in [0.5, 0.6) is 0 Å². The summed E-state index contributed by atoms with van der Waals surface area (Å²) >= 11 is 0. The Hall–Kier alpha value is 0.482. The molecule has 1 aliphatic carbocycles. The van der Waals surface area contributed by atoms with Crippen molar-refractivity contribution in [3.05, 3.63) is 6.92 Å². The molecule has 4 heteroatoms. The number of methoxy groups -OCH3 is 1. The van der Waals surface area contributed by atoms with Gasteiger partial charge in [-0.2, -0.15) is 0 Å². The van der Waals surface area contributed by atoms with Gasteiger partial charge in [0, 0.05) is 44.8 Å². The number of rotatable bonds is 3. The van der Waals surface area contributed by atoms with E-state index in [-0.39, 0.29) is 49.2 Å². The average Bonchev–Trinajstić information content (AvgIpc) is 2.79. The Bertz CT molecular complexity index is 320. The molecule has 2 aliphatic rings. The van der Waals surface area contributed by atoms with Gasteiger partial charge in [0.25, 0.3) is 0 Å². The number of carbonyl (C=O) groups is 1. The molecule has 2 rings (SSSR count). The first-order chi connectivity index (χ1) is 9.81. The van der Waals surface area contributed by atoms with Gasteiger partial charge in [0.2, 0.25) is 5.91 Å². The number of ether oxygens (including phenoxy) is 1. The first-order valence-corrected chi connectivity index (χ1v) is 8.46. The summed E-state index contributed by atoms with van der Waals surface area (Å²) in [6, 6.07) is 0.163. The van der Waals surface area contributed by atoms with Crippen molar-refractivity contribution in [3.8, 4) is 0 Å². The first kappa shape index (κ1) is 24.7. The molecule has 1 heterocycles. The van der Waals surface area contributed by atoms with Crippen LogP contribution in [0.1, 0.15) is 61.3 Å². The third-order valence-corrected chi connectivity index (χ3v) is 4.53. The average molecular weight is 537 g/mol. The molecule has 1 amide bonds. The van der Waals surface area contributed by atoms with Gasteiger partial charge in [0.1, 0.15) is 0 Å². The number of fused-ring (bicyclic) bond motifs is 1. The number of nitrogens with zero attached hydrogens (tertiary/aromatic N) is 1. The summed E-state index contributed by atoms with van der Waals surface area (Å²) in [5, 5.41) is 0. The van der Waals surface area contributed by atoms with Gasteiger partial charge in [0.15, 0.2) is 0 Å². The van der Waals surface area contributed by atoms with E-state index in [1.54, 1.807) is 7.11 Å². The van der Waals surface area contributed by atoms with Crippen LogP contribution in [-0.4, -0.2) is 36.6 Å². The second-order valence-electron chi connectivity index (χ2n) is 6.52. The third-order valence-electron chi connectivity index (χ3n) is 4.53. The zero-order valence-corrected chi connectivity index (χ0v) is 20.1. The second-order valence-corrected chi connectivity index (χ2v) is 6.52. The molecule has 0 aromatic rings. The van der Waals surface area contributed by atoms with E-state index >= 15 is 0 Å². The summed E-state index contributed by atoms with van der Waals surface area (Å²) in [5.74, 6) is 1.46. The second kappa shape index (κ2) is 11.1. The van der Waals surface area contributed by atoms with Gasteiger partial charge in [-0.05, 0) is 24.2 Å². The molecular weight excluding hydrogens is 500 g/mol. The quantitative estimate of drug-likeness (QED) is 0.507. The normalized spacial score (nSPS) is 28.0. The summed E-state index contributed by atoms with van der Waals surface area (Å²) in [7, 11) is 1.64. The smallest absolute Gasteiger partial charge is 0.223 e. The summed E-state index contributed by atoms with van der Waals surface area (Å²) in [4.78, 5) is 13.9. The minimum atomic E-state index is 0. The third kappa shape index (κ3) is 5.84. The van der Waals surface area contributed by atoms with Crippen molar-refractivity contribution in [2.75, 3.05) is 13.7 Å². The van der Waals surface area contributed by atoms with Crippen LogP contribution in [-0.2, 0) is 9.53 Å². The maximum Gasteiger partial charge on any atom is 0.223 e. The van der Waals surface area contributed by atoms with Crippen LogP contribution in [0.15, 0.2) is 0 Å². The number of amides is 1. The van der Waals surface area contributed by atoms with Crippen molar-refractivity contribution in [2.45, 2.75) is 73.5 Å². The molecule has 1 aliphatic heterocycles. The summed E-state index contributed by atoms with van der Waals surface area (Å²) in [5.41, 5.74) is 0.399. The van der Waals surface area contributed by atoms with Crippen molar-refractivity contribution in [3.63, 3.8) is 0 Å². The van der Waals surface area contributed by atoms with Crippen LogP contribution in [0.25, 0.3) is 0 Å². The fraction of sp³-hybridized carbons (Fsp3) is 0.889. The van der Waals surface area contributed by atoms with E-state index in [9.17, 15) is 4.79 Å². The summed E-state index contributed by atoms with van der Waals surface area (Å²) in [6.07, 6.45) is 1.73. The maximum atomic E-state index is 12.0. The Balaban J connectivity index is 0. The largest absolute Gasteiger partial charge is 0.381 e. The Morgan fingerprint density at radius 1 is 1.36 bits per heavy atom. The van der Waals surface area contributed by atoms with Crippen molar-refractivity contribution < 1.29 is 40.6 Å². The van der Waals surface area contributed by atoms with Crippen LogP contribution < -0.4 is 0 Å². The Labute approximate surface area is 162 Å². The molecule has 130 valence electrons. The Morgan fingerprint density at radius 2 is 1.82 bits per heavy atom. The van der Waals surface area contributed by atoms with Crippen molar-refractivity contribution >= 4 is 5.91 Å². The molecular formula is C18H36NO2U-. The van der Waals surface area contributed by atoms with Crippen LogP contribution >= 0.6 is 0 Å². The van der Waals surface area contributed by atoms with Crippen LogP contribution in [0.2, 0.25) is 0 Å². The predicted octanol–water partition coefficient (Wildman–Crippen LogP) is 4.17. The van der Waals surface area contributed by atoms with Crippen molar-refractivity contribution in [1.82, 2.24) is 4.90 Å². The van der Waals surface area contributed by atoms with E-state index in [2.05, 4.69) is 34.6 Å². The van der Waals surface area contributed by atoms with E-state index in [0.717, 1.165) is 6.54 Å². The van der Waals surface area contributed by atoms with Gasteiger partial charge in [-0.1, -0.05) is 54.0 Å². The van der Waals surface area contributed by atoms with E-state index in [4.69, 9.17) is 4.74 Å². The van der Waals surface area contributed by atoms with E-state index in [1.165, 1.54) is 6.42 Å². The molecule has 4 atom stereocenters. The molecule has 0 bridgehead atoms. The van der Waals surface area contributed by atoms with Crippen LogP contribution in [0.3, 0.4) is 0 Å². The summed E-state index contributed by atoms with van der Waals surface area (Å²) < 4.78 is 5.13. The number of carbonyl (C=O) groups excluding carboxylic acids is 1. The number of hydrogen-bond acceptors (Lipinski definition) is 2. The molecule has 2 fully saturated rings. The fourth-order valence-electron chi connectivity index (χ4n) is 3.17. The number of likely N-dealkylation sites (tertiary alicyclic amines) is 1. The maximum absolute atomic E-state index is 12.0. The van der Waals surface area contributed by atoms with Gasteiger partial charge in [-0.15, -0.1) is 0 Å². The van der Waals surface area contributed by atoms with Gasteiger partial charge in [-0.25, -0.2) is 0 Å². The van der Waals surface area contributed by atoms with Crippen molar-refractivity contribution in [1.29, 1.82) is 0 Å². The SMILES string of the molecule is CC.CCC.[CH2-][C@@H]1C2C(CN1C(=O)C[C@@H](C)OC)C2(C)C.[U]. The predicted molar refractivity (Wildman–Crippen MR) is 90.0 cm³/mol. The Kier molecular flexibility index (Phi) is 12.5. The standard InChI is InChI=1S/C13H22NO2.C3H8.C2H6.U/c1-8(16-5)6-11(15)14-7-10-12(9(14)2)13(10,3)4;1-3-2;1-2;/h8-10,12H,2,6-7H2,1,3-5H3;3H2,1-2H3;1-2H3;/q-1;;;/t8-,9-,10?,12?;;;/m1.../s1. The summed E-state index contributed by atoms with van der Waals surface area (Å²) in [6.45, 7) is 19.8. The molecule has 1 saturated carbocycles. The van der Waals surface area contributed by atoms with Gasteiger partial charge in [-0.3, -0.25) is 4.79 Å². The topological polar surface area (TPSA) is 29.5 Å². The monoisotopic (exact) mass is 536 g/mol. The molecule has 0 aromatic heterocycles. The van der Waals surface area contributed by atoms with Gasteiger partial charge in [0.05, 0.1) is 12.5 Å². The molecule has 0 radical (unpaired) electrons. The minimum Gasteiger partial charge on any atom is -0.381 e. The number of piperidine rings is 1. The molecule has 3 nitrogen and oxygen atoms in total. The molecule has 0 aromatic carbocycles. The molecule has 0 spiro atoms. The Morgan fingerprint density at radius 3 is 2.14 bits per heavy atom. The van der Waals surface area contributed by atoms with Crippen LogP contribution in [0.4, 0.5) is 0 Å². The van der Waals surface area contributed by atoms with E-state index < -0.39 is 0 Å². The van der Waals surface area contributed by atoms with E-state index in [0.29, 0.717) is 23.7 Å². The molecule has 2 unspecified atom stereocenters. The zero-order valence-electron chi connectivity index (χ0n) is 15.9. The fourth-order valence-corrected chi connectivity index (χ4v) is 3.17. The minimum absolute atomic E-state index is 0. The molecule has 0 N–H and O–H groups in total.